The Bertz CT molecular complexity index is 662. The van der Waals surface area contributed by atoms with Gasteiger partial charge in [-0.15, -0.1) is 0 Å². The van der Waals surface area contributed by atoms with E-state index in [1.807, 2.05) is 18.2 Å². The van der Waals surface area contributed by atoms with Crippen LogP contribution in [0, 0.1) is 0 Å². The highest BCUT2D eigenvalue weighted by atomic mass is 35.5. The summed E-state index contributed by atoms with van der Waals surface area (Å²) in [5.74, 6) is -0.0905. The molecule has 1 atom stereocenters. The van der Waals surface area contributed by atoms with Crippen LogP contribution in [-0.2, 0) is 11.2 Å². The largest absolute Gasteiger partial charge is 0.373 e. The molecule has 0 saturated heterocycles. The average Bonchev–Trinajstić information content (AvgIpc) is 2.47. The third-order valence-corrected chi connectivity index (χ3v) is 4.33. The van der Waals surface area contributed by atoms with Crippen molar-refractivity contribution in [2.24, 2.45) is 0 Å². The Hall–Kier alpha value is -1.35. The van der Waals surface area contributed by atoms with Crippen LogP contribution in [0.5, 0.6) is 0 Å². The van der Waals surface area contributed by atoms with Crippen molar-refractivity contribution >= 4 is 29.0 Å². The topological polar surface area (TPSA) is 26.3 Å². The summed E-state index contributed by atoms with van der Waals surface area (Å²) < 4.78 is 5.77. The van der Waals surface area contributed by atoms with Gasteiger partial charge in [-0.05, 0) is 29.7 Å². The molecule has 2 nitrogen and oxygen atoms in total. The molecule has 21 heavy (non-hydrogen) atoms. The average molecular weight is 321 g/mol. The zero-order valence-corrected chi connectivity index (χ0v) is 12.8. The molecular formula is C17H14Cl2O2. The van der Waals surface area contributed by atoms with Crippen molar-refractivity contribution in [3.05, 3.63) is 69.2 Å². The van der Waals surface area contributed by atoms with E-state index in [0.717, 1.165) is 12.0 Å². The minimum atomic E-state index is -0.227. The van der Waals surface area contributed by atoms with Crippen LogP contribution < -0.4 is 0 Å². The van der Waals surface area contributed by atoms with E-state index in [1.165, 1.54) is 5.56 Å². The van der Waals surface area contributed by atoms with Crippen LogP contribution in [0.15, 0.2) is 42.5 Å². The Morgan fingerprint density at radius 1 is 1.10 bits per heavy atom. The van der Waals surface area contributed by atoms with Crippen LogP contribution >= 0.6 is 23.2 Å². The lowest BCUT2D eigenvalue weighted by Crippen LogP contribution is -2.19. The standard InChI is InChI=1S/C17H14Cl2O2/c18-13-6-3-7-14(19)17(13)15(20)10-16-12-5-2-1-4-11(12)8-9-21-16/h1-7,16H,8-10H2. The van der Waals surface area contributed by atoms with Gasteiger partial charge >= 0.3 is 0 Å². The van der Waals surface area contributed by atoms with E-state index < -0.39 is 0 Å². The van der Waals surface area contributed by atoms with E-state index in [9.17, 15) is 4.79 Å². The highest BCUT2D eigenvalue weighted by Crippen LogP contribution is 2.33. The van der Waals surface area contributed by atoms with Crippen molar-refractivity contribution in [1.29, 1.82) is 0 Å². The number of benzene rings is 2. The fourth-order valence-electron chi connectivity index (χ4n) is 2.68. The minimum absolute atomic E-state index is 0.0905. The Balaban J connectivity index is 1.86. The van der Waals surface area contributed by atoms with E-state index >= 15 is 0 Å². The molecule has 0 aromatic heterocycles. The minimum Gasteiger partial charge on any atom is -0.373 e. The zero-order chi connectivity index (χ0) is 14.8. The summed E-state index contributed by atoms with van der Waals surface area (Å²) in [6.07, 6.45) is 0.906. The smallest absolute Gasteiger partial charge is 0.168 e. The summed E-state index contributed by atoms with van der Waals surface area (Å²) in [6.45, 7) is 0.630. The van der Waals surface area contributed by atoms with Gasteiger partial charge < -0.3 is 4.74 Å². The second-order valence-electron chi connectivity index (χ2n) is 5.03. The van der Waals surface area contributed by atoms with Gasteiger partial charge in [0.25, 0.3) is 0 Å². The van der Waals surface area contributed by atoms with Gasteiger partial charge in [-0.3, -0.25) is 4.79 Å². The first-order chi connectivity index (χ1) is 10.2. The van der Waals surface area contributed by atoms with Gasteiger partial charge in [0.2, 0.25) is 0 Å². The third kappa shape index (κ3) is 2.98. The number of fused-ring (bicyclic) bond motifs is 1. The predicted molar refractivity (Wildman–Crippen MR) is 84.2 cm³/mol. The first-order valence-electron chi connectivity index (χ1n) is 6.83. The van der Waals surface area contributed by atoms with Crippen LogP contribution in [0.1, 0.15) is 34.0 Å². The Labute approximate surface area is 133 Å². The molecule has 0 amide bonds. The maximum absolute atomic E-state index is 12.5. The second kappa shape index (κ2) is 6.18. The highest BCUT2D eigenvalue weighted by molar-refractivity contribution is 6.39. The van der Waals surface area contributed by atoms with Gasteiger partial charge in [0.1, 0.15) is 0 Å². The lowest BCUT2D eigenvalue weighted by molar-refractivity contribution is 0.0352. The maximum atomic E-state index is 12.5. The second-order valence-corrected chi connectivity index (χ2v) is 5.85. The van der Waals surface area contributed by atoms with Crippen molar-refractivity contribution < 1.29 is 9.53 Å². The van der Waals surface area contributed by atoms with E-state index in [4.69, 9.17) is 27.9 Å². The number of ether oxygens (including phenoxy) is 1. The van der Waals surface area contributed by atoms with Crippen LogP contribution in [0.2, 0.25) is 10.0 Å². The number of hydrogen-bond donors (Lipinski definition) is 0. The number of carbonyl (C=O) groups is 1. The first-order valence-corrected chi connectivity index (χ1v) is 7.59. The third-order valence-electron chi connectivity index (χ3n) is 3.70. The summed E-state index contributed by atoms with van der Waals surface area (Å²) in [7, 11) is 0. The van der Waals surface area contributed by atoms with Gasteiger partial charge in [0.05, 0.1) is 28.3 Å². The number of carbonyl (C=O) groups excluding carboxylic acids is 1. The van der Waals surface area contributed by atoms with E-state index in [2.05, 4.69) is 6.07 Å². The fraction of sp³-hybridized carbons (Fsp3) is 0.235. The monoisotopic (exact) mass is 320 g/mol. The van der Waals surface area contributed by atoms with E-state index in [1.54, 1.807) is 18.2 Å². The molecule has 1 unspecified atom stereocenters. The van der Waals surface area contributed by atoms with Crippen LogP contribution in [0.4, 0.5) is 0 Å². The summed E-state index contributed by atoms with van der Waals surface area (Å²) in [5, 5.41) is 0.771. The molecular weight excluding hydrogens is 307 g/mol. The molecule has 2 aromatic rings. The van der Waals surface area contributed by atoms with Crippen molar-refractivity contribution in [3.63, 3.8) is 0 Å². The number of hydrogen-bond acceptors (Lipinski definition) is 2. The molecule has 0 aliphatic carbocycles. The van der Waals surface area contributed by atoms with Gasteiger partial charge in [-0.25, -0.2) is 0 Å². The summed E-state index contributed by atoms with van der Waals surface area (Å²) in [4.78, 5) is 12.5. The molecule has 4 heteroatoms. The normalized spacial score (nSPS) is 17.3. The molecule has 0 saturated carbocycles. The molecule has 108 valence electrons. The Morgan fingerprint density at radius 3 is 2.57 bits per heavy atom. The van der Waals surface area contributed by atoms with Crippen LogP contribution in [0.3, 0.4) is 0 Å². The van der Waals surface area contributed by atoms with Crippen molar-refractivity contribution in [3.8, 4) is 0 Å². The Morgan fingerprint density at radius 2 is 1.81 bits per heavy atom. The van der Waals surface area contributed by atoms with Gasteiger partial charge in [-0.2, -0.15) is 0 Å². The molecule has 3 rings (SSSR count). The maximum Gasteiger partial charge on any atom is 0.168 e. The summed E-state index contributed by atoms with van der Waals surface area (Å²) in [5.41, 5.74) is 2.71. The van der Waals surface area contributed by atoms with Crippen LogP contribution in [-0.4, -0.2) is 12.4 Å². The van der Waals surface area contributed by atoms with Crippen molar-refractivity contribution in [2.75, 3.05) is 6.61 Å². The molecule has 1 aliphatic heterocycles. The van der Waals surface area contributed by atoms with E-state index in [0.29, 0.717) is 22.2 Å². The van der Waals surface area contributed by atoms with Crippen molar-refractivity contribution in [2.45, 2.75) is 18.9 Å². The summed E-state index contributed by atoms with van der Waals surface area (Å²) >= 11 is 12.2. The van der Waals surface area contributed by atoms with Crippen molar-refractivity contribution in [1.82, 2.24) is 0 Å². The lowest BCUT2D eigenvalue weighted by Gasteiger charge is -2.25. The zero-order valence-electron chi connectivity index (χ0n) is 11.3. The van der Waals surface area contributed by atoms with Gasteiger partial charge in [0, 0.05) is 6.42 Å². The molecule has 0 fully saturated rings. The SMILES string of the molecule is O=C(CC1OCCc2ccccc21)c1c(Cl)cccc1Cl. The number of halogens is 2. The predicted octanol–water partition coefficient (Wildman–Crippen LogP) is 4.88. The Kier molecular flexibility index (Phi) is 4.29. The molecule has 0 bridgehead atoms. The number of Topliss-reactive ketones (excluding diaryl/α,β-unsaturated/α-hetero) is 1. The molecule has 0 radical (unpaired) electrons. The molecule has 1 aliphatic rings. The fourth-order valence-corrected chi connectivity index (χ4v) is 3.29. The number of ketones is 1. The van der Waals surface area contributed by atoms with Gasteiger partial charge in [0.15, 0.2) is 5.78 Å². The van der Waals surface area contributed by atoms with E-state index in [-0.39, 0.29) is 18.3 Å². The lowest BCUT2D eigenvalue weighted by atomic mass is 9.93. The molecule has 2 aromatic carbocycles. The number of rotatable bonds is 3. The van der Waals surface area contributed by atoms with Gasteiger partial charge in [-0.1, -0.05) is 53.5 Å². The molecule has 0 N–H and O–H groups in total. The highest BCUT2D eigenvalue weighted by Gasteiger charge is 2.25. The quantitative estimate of drug-likeness (QED) is 0.753. The van der Waals surface area contributed by atoms with Crippen LogP contribution in [0.25, 0.3) is 0 Å². The first kappa shape index (κ1) is 14.6. The summed E-state index contributed by atoms with van der Waals surface area (Å²) in [6, 6.07) is 13.2. The molecule has 0 spiro atoms. The molecule has 1 heterocycles.